The van der Waals surface area contributed by atoms with E-state index >= 15 is 0 Å². The number of para-hydroxylation sites is 1. The van der Waals surface area contributed by atoms with Crippen molar-refractivity contribution in [2.24, 2.45) is 0 Å². The second-order valence-corrected chi connectivity index (χ2v) is 6.83. The Hall–Kier alpha value is -1.91. The molecule has 0 aliphatic heterocycles. The van der Waals surface area contributed by atoms with E-state index in [1.54, 1.807) is 30.3 Å². The quantitative estimate of drug-likeness (QED) is 0.430. The van der Waals surface area contributed by atoms with Crippen molar-refractivity contribution >= 4 is 21.4 Å². The van der Waals surface area contributed by atoms with E-state index in [9.17, 15) is 8.42 Å². The number of hydrogen-bond donors (Lipinski definition) is 1. The summed E-state index contributed by atoms with van der Waals surface area (Å²) < 4.78 is 25.1. The minimum atomic E-state index is -3.47. The highest BCUT2D eigenvalue weighted by Gasteiger charge is 2.24. The Morgan fingerprint density at radius 3 is 2.59 bits per heavy atom. The van der Waals surface area contributed by atoms with Crippen LogP contribution in [0.25, 0.3) is 4.98 Å². The number of nitrogens with zero attached hydrogens (tertiary/aromatic N) is 3. The number of rotatable bonds is 9. The van der Waals surface area contributed by atoms with Crippen molar-refractivity contribution in [3.63, 3.8) is 0 Å². The molecule has 0 aliphatic rings. The van der Waals surface area contributed by atoms with Crippen LogP contribution in [0.4, 0.5) is 11.4 Å². The molecule has 0 fully saturated rings. The van der Waals surface area contributed by atoms with Crippen LogP contribution in [0, 0.1) is 5.39 Å². The second kappa shape index (κ2) is 9.18. The predicted octanol–water partition coefficient (Wildman–Crippen LogP) is 3.05. The van der Waals surface area contributed by atoms with Gasteiger partial charge in [0.15, 0.2) is 4.98 Å². The zero-order valence-electron chi connectivity index (χ0n) is 12.7. The molecule has 0 amide bonds. The zero-order chi connectivity index (χ0) is 16.4. The third-order valence-electron chi connectivity index (χ3n) is 3.13. The maximum atomic E-state index is 11.9. The van der Waals surface area contributed by atoms with Gasteiger partial charge >= 0.3 is 5.69 Å². The molecule has 1 aromatic rings. The number of allylic oxidation sites excluding steroid dienone is 1. The summed E-state index contributed by atoms with van der Waals surface area (Å²) >= 11 is 0. The number of aliphatic hydroxyl groups is 1. The lowest BCUT2D eigenvalue weighted by Crippen LogP contribution is -2.30. The molecule has 120 valence electrons. The summed E-state index contributed by atoms with van der Waals surface area (Å²) in [5.41, 5.74) is 0.557. The highest BCUT2D eigenvalue weighted by molar-refractivity contribution is 7.92. The zero-order valence-corrected chi connectivity index (χ0v) is 13.5. The topological polar surface area (TPSA) is 85.8 Å². The molecule has 0 atom stereocenters. The van der Waals surface area contributed by atoms with Crippen molar-refractivity contribution in [2.75, 3.05) is 23.7 Å². The van der Waals surface area contributed by atoms with Gasteiger partial charge in [-0.05, 0) is 25.3 Å². The average molecular weight is 324 g/mol. The fraction of sp³-hybridized carbons (Fsp3) is 0.467. The van der Waals surface area contributed by atoms with Gasteiger partial charge in [0, 0.05) is 12.7 Å². The molecular weight excluding hydrogens is 302 g/mol. The first-order valence-electron chi connectivity index (χ1n) is 7.18. The minimum Gasteiger partial charge on any atom is -0.396 e. The van der Waals surface area contributed by atoms with Crippen LogP contribution in [0.2, 0.25) is 0 Å². The van der Waals surface area contributed by atoms with Crippen LogP contribution < -0.4 is 4.31 Å². The third-order valence-corrected chi connectivity index (χ3v) is 4.27. The Balaban J connectivity index is 2.76. The summed E-state index contributed by atoms with van der Waals surface area (Å²) in [5.74, 6) is 0. The summed E-state index contributed by atoms with van der Waals surface area (Å²) in [4.78, 5) is 3.13. The van der Waals surface area contributed by atoms with Crippen molar-refractivity contribution < 1.29 is 13.5 Å². The van der Waals surface area contributed by atoms with E-state index in [0.29, 0.717) is 5.69 Å². The molecule has 0 saturated heterocycles. The van der Waals surface area contributed by atoms with Gasteiger partial charge in [-0.3, -0.25) is 4.31 Å². The minimum absolute atomic E-state index is 0.186. The van der Waals surface area contributed by atoms with Crippen molar-refractivity contribution in [1.29, 1.82) is 5.39 Å². The van der Waals surface area contributed by atoms with E-state index in [0.717, 1.165) is 31.9 Å². The molecule has 0 unspecified atom stereocenters. The molecule has 0 heterocycles. The van der Waals surface area contributed by atoms with Crippen LogP contribution in [0.1, 0.15) is 25.7 Å². The lowest BCUT2D eigenvalue weighted by Gasteiger charge is -2.18. The van der Waals surface area contributed by atoms with Crippen molar-refractivity contribution in [3.05, 3.63) is 41.4 Å². The summed E-state index contributed by atoms with van der Waals surface area (Å²) in [6.07, 6.45) is 8.36. The Labute approximate surface area is 131 Å². The van der Waals surface area contributed by atoms with Gasteiger partial charge in [-0.15, -0.1) is 0 Å². The van der Waals surface area contributed by atoms with Crippen LogP contribution in [-0.4, -0.2) is 32.9 Å². The van der Waals surface area contributed by atoms with Crippen molar-refractivity contribution in [3.8, 4) is 0 Å². The van der Waals surface area contributed by atoms with Crippen LogP contribution in [0.3, 0.4) is 0 Å². The average Bonchev–Trinajstić information content (AvgIpc) is 2.49. The highest BCUT2D eigenvalue weighted by atomic mass is 32.2. The molecule has 7 heteroatoms. The molecule has 0 saturated carbocycles. The number of hydrogen-bond acceptors (Lipinski definition) is 4. The largest absolute Gasteiger partial charge is 0.409 e. The van der Waals surface area contributed by atoms with Crippen LogP contribution >= 0.6 is 0 Å². The van der Waals surface area contributed by atoms with Gasteiger partial charge in [-0.1, -0.05) is 30.7 Å². The molecule has 0 spiro atoms. The molecule has 0 aromatic heterocycles. The fourth-order valence-corrected chi connectivity index (χ4v) is 2.88. The lowest BCUT2D eigenvalue weighted by atomic mass is 10.2. The molecule has 1 N–H and O–H groups in total. The Morgan fingerprint density at radius 1 is 1.23 bits per heavy atom. The summed E-state index contributed by atoms with van der Waals surface area (Å²) in [5, 5.41) is 17.7. The first-order chi connectivity index (χ1) is 10.5. The SMILES string of the molecule is CS(=O)(=O)N(C/C=C/CCCCCO)c1ccccc1[N+]#N. The first kappa shape index (κ1) is 18.1. The van der Waals surface area contributed by atoms with Gasteiger partial charge in [0.05, 0.1) is 12.8 Å². The summed E-state index contributed by atoms with van der Waals surface area (Å²) in [6, 6.07) is 6.52. The monoisotopic (exact) mass is 324 g/mol. The van der Waals surface area contributed by atoms with Crippen LogP contribution in [0.15, 0.2) is 36.4 Å². The highest BCUT2D eigenvalue weighted by Crippen LogP contribution is 2.29. The van der Waals surface area contributed by atoms with Gasteiger partial charge in [-0.25, -0.2) is 8.42 Å². The van der Waals surface area contributed by atoms with E-state index in [2.05, 4.69) is 4.98 Å². The van der Waals surface area contributed by atoms with Crippen molar-refractivity contribution in [1.82, 2.24) is 0 Å². The maximum Gasteiger partial charge on any atom is 0.409 e. The predicted molar refractivity (Wildman–Crippen MR) is 88.1 cm³/mol. The molecule has 6 nitrogen and oxygen atoms in total. The number of unbranched alkanes of at least 4 members (excludes halogenated alkanes) is 3. The Morgan fingerprint density at radius 2 is 1.95 bits per heavy atom. The van der Waals surface area contributed by atoms with Gasteiger partial charge in [0.1, 0.15) is 5.69 Å². The number of anilines is 1. The van der Waals surface area contributed by atoms with E-state index < -0.39 is 10.0 Å². The van der Waals surface area contributed by atoms with Crippen molar-refractivity contribution in [2.45, 2.75) is 25.7 Å². The fourth-order valence-electron chi connectivity index (χ4n) is 2.01. The lowest BCUT2D eigenvalue weighted by molar-refractivity contribution is 0.283. The molecular formula is C15H22N3O3S+. The van der Waals surface area contributed by atoms with Gasteiger partial charge in [0.25, 0.3) is 0 Å². The number of benzene rings is 1. The van der Waals surface area contributed by atoms with Gasteiger partial charge in [0.2, 0.25) is 15.4 Å². The molecule has 0 radical (unpaired) electrons. The third kappa shape index (κ3) is 5.84. The normalized spacial score (nSPS) is 11.5. The number of diazo groups is 1. The number of aliphatic hydroxyl groups excluding tert-OH is 1. The summed E-state index contributed by atoms with van der Waals surface area (Å²) in [6.45, 7) is 0.387. The van der Waals surface area contributed by atoms with E-state index in [1.165, 1.54) is 4.31 Å². The molecule has 1 aromatic carbocycles. The smallest absolute Gasteiger partial charge is 0.396 e. The standard InChI is InChI=1S/C15H22N3O3S/c1-22(20,21)18(12-8-4-2-3-5-9-13-19)15-11-7-6-10-14(15)17-16/h4,6-8,10-11,19H,2-3,5,9,12-13H2,1H3/q+1/b8-4+. The molecule has 1 rings (SSSR count). The maximum absolute atomic E-state index is 11.9. The van der Waals surface area contributed by atoms with Gasteiger partial charge in [-0.2, -0.15) is 0 Å². The molecule has 0 aliphatic carbocycles. The van der Waals surface area contributed by atoms with E-state index in [1.807, 2.05) is 6.08 Å². The Bertz CT molecular complexity index is 636. The first-order valence-corrected chi connectivity index (χ1v) is 9.03. The van der Waals surface area contributed by atoms with E-state index in [4.69, 9.17) is 10.5 Å². The summed E-state index contributed by atoms with van der Waals surface area (Å²) in [7, 11) is -3.47. The van der Waals surface area contributed by atoms with Crippen LogP contribution in [0.5, 0.6) is 0 Å². The molecule has 0 bridgehead atoms. The van der Waals surface area contributed by atoms with Gasteiger partial charge < -0.3 is 5.11 Å². The molecule has 22 heavy (non-hydrogen) atoms. The van der Waals surface area contributed by atoms with E-state index in [-0.39, 0.29) is 18.8 Å². The second-order valence-electron chi connectivity index (χ2n) is 4.93. The number of sulfonamides is 1. The van der Waals surface area contributed by atoms with Crippen LogP contribution in [-0.2, 0) is 10.0 Å². The Kier molecular flexibility index (Phi) is 7.57.